The Hall–Kier alpha value is -1.81. The van der Waals surface area contributed by atoms with E-state index < -0.39 is 0 Å². The van der Waals surface area contributed by atoms with Crippen molar-refractivity contribution in [1.29, 1.82) is 0 Å². The minimum atomic E-state index is -0.0610. The summed E-state index contributed by atoms with van der Waals surface area (Å²) in [6.07, 6.45) is 0. The van der Waals surface area contributed by atoms with Crippen LogP contribution in [0.4, 0.5) is 5.69 Å². The standard InChI is InChI=1S/C14H16N2OS/c1-10-5-6-11(14(17)15-2)8-13(10)16-9-12-4-3-7-18-12/h3-8,16H,9H2,1-2H3,(H,15,17). The van der Waals surface area contributed by atoms with E-state index in [4.69, 9.17) is 0 Å². The Morgan fingerprint density at radius 2 is 2.17 bits per heavy atom. The Labute approximate surface area is 111 Å². The SMILES string of the molecule is CNC(=O)c1ccc(C)c(NCc2cccs2)c1. The van der Waals surface area contributed by atoms with Crippen LogP contribution in [0, 0.1) is 6.92 Å². The molecule has 0 saturated heterocycles. The van der Waals surface area contributed by atoms with Crippen molar-refractivity contribution < 1.29 is 4.79 Å². The van der Waals surface area contributed by atoms with Gasteiger partial charge < -0.3 is 10.6 Å². The van der Waals surface area contributed by atoms with Crippen LogP contribution >= 0.6 is 11.3 Å². The number of carbonyl (C=O) groups is 1. The number of nitrogens with one attached hydrogen (secondary N) is 2. The molecule has 0 aliphatic heterocycles. The van der Waals surface area contributed by atoms with Crippen molar-refractivity contribution in [3.05, 3.63) is 51.7 Å². The number of anilines is 1. The summed E-state index contributed by atoms with van der Waals surface area (Å²) in [5, 5.41) is 8.06. The van der Waals surface area contributed by atoms with Gasteiger partial charge in [-0.1, -0.05) is 12.1 Å². The highest BCUT2D eigenvalue weighted by molar-refractivity contribution is 7.09. The van der Waals surface area contributed by atoms with E-state index in [1.807, 2.05) is 31.2 Å². The minimum absolute atomic E-state index is 0.0610. The van der Waals surface area contributed by atoms with Crippen LogP contribution in [-0.2, 0) is 6.54 Å². The lowest BCUT2D eigenvalue weighted by Crippen LogP contribution is -2.18. The molecule has 3 nitrogen and oxygen atoms in total. The number of thiophene rings is 1. The van der Waals surface area contributed by atoms with Gasteiger partial charge in [0, 0.05) is 29.7 Å². The summed E-state index contributed by atoms with van der Waals surface area (Å²) in [7, 11) is 1.64. The van der Waals surface area contributed by atoms with Crippen molar-refractivity contribution >= 4 is 22.9 Å². The van der Waals surface area contributed by atoms with E-state index >= 15 is 0 Å². The van der Waals surface area contributed by atoms with E-state index in [2.05, 4.69) is 22.1 Å². The Morgan fingerprint density at radius 3 is 2.83 bits per heavy atom. The summed E-state index contributed by atoms with van der Waals surface area (Å²) in [5.74, 6) is -0.0610. The first kappa shape index (κ1) is 12.6. The summed E-state index contributed by atoms with van der Waals surface area (Å²) in [6.45, 7) is 2.82. The molecular formula is C14H16N2OS. The molecule has 0 fully saturated rings. The van der Waals surface area contributed by atoms with E-state index in [1.54, 1.807) is 18.4 Å². The van der Waals surface area contributed by atoms with Crippen LogP contribution < -0.4 is 10.6 Å². The molecule has 94 valence electrons. The molecule has 0 bridgehead atoms. The summed E-state index contributed by atoms with van der Waals surface area (Å²) >= 11 is 1.72. The van der Waals surface area contributed by atoms with E-state index in [9.17, 15) is 4.79 Å². The van der Waals surface area contributed by atoms with Crippen LogP contribution in [0.25, 0.3) is 0 Å². The second kappa shape index (κ2) is 5.69. The normalized spacial score (nSPS) is 10.1. The molecule has 4 heteroatoms. The smallest absolute Gasteiger partial charge is 0.251 e. The Morgan fingerprint density at radius 1 is 1.33 bits per heavy atom. The first-order chi connectivity index (χ1) is 8.70. The number of amides is 1. The zero-order valence-corrected chi connectivity index (χ0v) is 11.3. The molecule has 0 radical (unpaired) electrons. The van der Waals surface area contributed by atoms with Crippen LogP contribution in [-0.4, -0.2) is 13.0 Å². The van der Waals surface area contributed by atoms with Crippen LogP contribution in [0.3, 0.4) is 0 Å². The molecule has 0 aliphatic carbocycles. The van der Waals surface area contributed by atoms with Crippen LogP contribution in [0.1, 0.15) is 20.8 Å². The second-order valence-corrected chi connectivity index (χ2v) is 5.07. The molecule has 1 heterocycles. The topological polar surface area (TPSA) is 41.1 Å². The lowest BCUT2D eigenvalue weighted by atomic mass is 10.1. The second-order valence-electron chi connectivity index (χ2n) is 4.04. The summed E-state index contributed by atoms with van der Waals surface area (Å²) in [4.78, 5) is 12.9. The lowest BCUT2D eigenvalue weighted by Gasteiger charge is -2.10. The minimum Gasteiger partial charge on any atom is -0.380 e. The van der Waals surface area contributed by atoms with Crippen LogP contribution in [0.15, 0.2) is 35.7 Å². The first-order valence-electron chi connectivity index (χ1n) is 5.79. The van der Waals surface area contributed by atoms with Crippen LogP contribution in [0.5, 0.6) is 0 Å². The Balaban J connectivity index is 2.13. The number of benzene rings is 1. The maximum atomic E-state index is 11.6. The average Bonchev–Trinajstić information content (AvgIpc) is 2.90. The fourth-order valence-electron chi connectivity index (χ4n) is 1.69. The van der Waals surface area contributed by atoms with Gasteiger partial charge in [-0.15, -0.1) is 11.3 Å². The third-order valence-electron chi connectivity index (χ3n) is 2.76. The molecule has 2 aromatic rings. The maximum Gasteiger partial charge on any atom is 0.251 e. The van der Waals surface area contributed by atoms with Gasteiger partial charge in [-0.05, 0) is 36.1 Å². The van der Waals surface area contributed by atoms with Crippen molar-refractivity contribution in [1.82, 2.24) is 5.32 Å². The van der Waals surface area contributed by atoms with Crippen LogP contribution in [0.2, 0.25) is 0 Å². The highest BCUT2D eigenvalue weighted by Gasteiger charge is 2.06. The molecular weight excluding hydrogens is 244 g/mol. The van der Waals surface area contributed by atoms with Gasteiger partial charge in [0.1, 0.15) is 0 Å². The van der Waals surface area contributed by atoms with Gasteiger partial charge in [0.25, 0.3) is 5.91 Å². The molecule has 0 aliphatic rings. The predicted octanol–water partition coefficient (Wildman–Crippen LogP) is 3.03. The summed E-state index contributed by atoms with van der Waals surface area (Å²) in [5.41, 5.74) is 2.82. The van der Waals surface area contributed by atoms with E-state index in [0.29, 0.717) is 5.56 Å². The van der Waals surface area contributed by atoms with Gasteiger partial charge >= 0.3 is 0 Å². The van der Waals surface area contributed by atoms with Gasteiger partial charge in [0.15, 0.2) is 0 Å². The molecule has 2 N–H and O–H groups in total. The van der Waals surface area contributed by atoms with Crippen molar-refractivity contribution in [2.45, 2.75) is 13.5 Å². The number of hydrogen-bond acceptors (Lipinski definition) is 3. The molecule has 1 aromatic heterocycles. The van der Waals surface area contributed by atoms with Crippen molar-refractivity contribution in [2.75, 3.05) is 12.4 Å². The molecule has 1 amide bonds. The predicted molar refractivity (Wildman–Crippen MR) is 76.2 cm³/mol. The molecule has 18 heavy (non-hydrogen) atoms. The van der Waals surface area contributed by atoms with Gasteiger partial charge in [-0.2, -0.15) is 0 Å². The number of carbonyl (C=O) groups excluding carboxylic acids is 1. The van der Waals surface area contributed by atoms with Crippen molar-refractivity contribution in [2.24, 2.45) is 0 Å². The van der Waals surface area contributed by atoms with E-state index in [0.717, 1.165) is 17.8 Å². The number of rotatable bonds is 4. The largest absolute Gasteiger partial charge is 0.380 e. The third kappa shape index (κ3) is 2.90. The van der Waals surface area contributed by atoms with E-state index in [-0.39, 0.29) is 5.91 Å². The average molecular weight is 260 g/mol. The maximum absolute atomic E-state index is 11.6. The van der Waals surface area contributed by atoms with E-state index in [1.165, 1.54) is 4.88 Å². The summed E-state index contributed by atoms with van der Waals surface area (Å²) in [6, 6.07) is 9.82. The fraction of sp³-hybridized carbons (Fsp3) is 0.214. The lowest BCUT2D eigenvalue weighted by molar-refractivity contribution is 0.0963. The zero-order valence-electron chi connectivity index (χ0n) is 10.5. The molecule has 0 saturated carbocycles. The molecule has 0 unspecified atom stereocenters. The quantitative estimate of drug-likeness (QED) is 0.887. The third-order valence-corrected chi connectivity index (χ3v) is 3.64. The van der Waals surface area contributed by atoms with Crippen molar-refractivity contribution in [3.8, 4) is 0 Å². The monoisotopic (exact) mass is 260 g/mol. The number of hydrogen-bond donors (Lipinski definition) is 2. The van der Waals surface area contributed by atoms with Gasteiger partial charge in [-0.3, -0.25) is 4.79 Å². The number of aryl methyl sites for hydroxylation is 1. The Kier molecular flexibility index (Phi) is 3.99. The van der Waals surface area contributed by atoms with Gasteiger partial charge in [0.2, 0.25) is 0 Å². The first-order valence-corrected chi connectivity index (χ1v) is 6.67. The molecule has 0 spiro atoms. The fourth-order valence-corrected chi connectivity index (χ4v) is 2.34. The summed E-state index contributed by atoms with van der Waals surface area (Å²) < 4.78 is 0. The Bertz CT molecular complexity index is 535. The molecule has 2 rings (SSSR count). The van der Waals surface area contributed by atoms with Gasteiger partial charge in [-0.25, -0.2) is 0 Å². The van der Waals surface area contributed by atoms with Crippen molar-refractivity contribution in [3.63, 3.8) is 0 Å². The highest BCUT2D eigenvalue weighted by atomic mass is 32.1. The van der Waals surface area contributed by atoms with Gasteiger partial charge in [0.05, 0.1) is 0 Å². The zero-order chi connectivity index (χ0) is 13.0. The molecule has 1 aromatic carbocycles. The highest BCUT2D eigenvalue weighted by Crippen LogP contribution is 2.19. The molecule has 0 atom stereocenters.